The van der Waals surface area contributed by atoms with Crippen LogP contribution in [0, 0.1) is 0 Å². The van der Waals surface area contributed by atoms with Crippen LogP contribution in [0.3, 0.4) is 0 Å². The number of hydrogen-bond donors (Lipinski definition) is 0. The molecule has 0 atom stereocenters. The number of allylic oxidation sites excluding steroid dienone is 4. The Morgan fingerprint density at radius 1 is 1.38 bits per heavy atom. The van der Waals surface area contributed by atoms with E-state index in [9.17, 15) is 0 Å². The fourth-order valence-electron chi connectivity index (χ4n) is 0.982. The van der Waals surface area contributed by atoms with Gasteiger partial charge in [-0.3, -0.25) is 0 Å². The van der Waals surface area contributed by atoms with E-state index in [1.807, 2.05) is 24.3 Å². The van der Waals surface area contributed by atoms with E-state index in [2.05, 4.69) is 19.6 Å². The van der Waals surface area contributed by atoms with Crippen molar-refractivity contribution in [2.45, 2.75) is 26.7 Å². The molecule has 0 amide bonds. The lowest BCUT2D eigenvalue weighted by Crippen LogP contribution is -1.91. The molecule has 0 N–H and O–H groups in total. The maximum Gasteiger partial charge on any atom is 0.162 e. The average molecular weight is 176 g/mol. The highest BCUT2D eigenvalue weighted by atomic mass is 16.5. The van der Waals surface area contributed by atoms with Crippen LogP contribution < -0.4 is 0 Å². The van der Waals surface area contributed by atoms with E-state index in [-0.39, 0.29) is 0 Å². The summed E-state index contributed by atoms with van der Waals surface area (Å²) in [6, 6.07) is 0. The van der Waals surface area contributed by atoms with Crippen molar-refractivity contribution in [2.75, 3.05) is 6.61 Å². The average Bonchev–Trinajstić information content (AvgIpc) is 2.32. The van der Waals surface area contributed by atoms with Gasteiger partial charge in [0, 0.05) is 0 Å². The molecule has 0 unspecified atom stereocenters. The van der Waals surface area contributed by atoms with E-state index < -0.39 is 0 Å². The third-order valence-electron chi connectivity index (χ3n) is 1.82. The SMILES string of the molecule is CCCCOC1=C=CC=C(C)C=C1. The molecular weight excluding hydrogens is 160 g/mol. The summed E-state index contributed by atoms with van der Waals surface area (Å²) >= 11 is 0. The van der Waals surface area contributed by atoms with Crippen molar-refractivity contribution in [1.82, 2.24) is 0 Å². The summed E-state index contributed by atoms with van der Waals surface area (Å²) in [5, 5.41) is 0. The summed E-state index contributed by atoms with van der Waals surface area (Å²) in [6.07, 6.45) is 10.2. The Morgan fingerprint density at radius 2 is 2.23 bits per heavy atom. The predicted octanol–water partition coefficient (Wildman–Crippen LogP) is 3.36. The zero-order chi connectivity index (χ0) is 9.52. The Morgan fingerprint density at radius 3 is 3.00 bits per heavy atom. The van der Waals surface area contributed by atoms with Crippen molar-refractivity contribution in [3.05, 3.63) is 41.4 Å². The van der Waals surface area contributed by atoms with Gasteiger partial charge in [0.2, 0.25) is 0 Å². The van der Waals surface area contributed by atoms with Crippen molar-refractivity contribution in [3.8, 4) is 0 Å². The maximum atomic E-state index is 5.51. The fraction of sp³-hybridized carbons (Fsp3) is 0.417. The largest absolute Gasteiger partial charge is 0.486 e. The third kappa shape index (κ3) is 3.82. The molecule has 0 fully saturated rings. The minimum Gasteiger partial charge on any atom is -0.486 e. The van der Waals surface area contributed by atoms with Crippen LogP contribution in [0.1, 0.15) is 26.7 Å². The van der Waals surface area contributed by atoms with Crippen LogP contribution in [0.25, 0.3) is 0 Å². The minimum atomic E-state index is 0.788. The zero-order valence-electron chi connectivity index (χ0n) is 8.34. The van der Waals surface area contributed by atoms with Gasteiger partial charge in [-0.25, -0.2) is 0 Å². The van der Waals surface area contributed by atoms with Crippen LogP contribution in [0.5, 0.6) is 0 Å². The summed E-state index contributed by atoms with van der Waals surface area (Å²) in [5.41, 5.74) is 4.30. The second kappa shape index (κ2) is 5.45. The van der Waals surface area contributed by atoms with E-state index in [1.54, 1.807) is 0 Å². The first-order valence-electron chi connectivity index (χ1n) is 4.77. The Bertz CT molecular complexity index is 275. The molecule has 0 radical (unpaired) electrons. The quantitative estimate of drug-likeness (QED) is 0.471. The number of hydrogen-bond acceptors (Lipinski definition) is 1. The molecule has 70 valence electrons. The molecule has 1 heteroatoms. The summed E-state index contributed by atoms with van der Waals surface area (Å²) < 4.78 is 5.51. The lowest BCUT2D eigenvalue weighted by molar-refractivity contribution is 0.220. The molecule has 13 heavy (non-hydrogen) atoms. The van der Waals surface area contributed by atoms with Gasteiger partial charge in [-0.15, -0.1) is 0 Å². The maximum absolute atomic E-state index is 5.51. The molecule has 0 aromatic rings. The van der Waals surface area contributed by atoms with E-state index in [4.69, 9.17) is 4.74 Å². The monoisotopic (exact) mass is 176 g/mol. The number of unbranched alkanes of at least 4 members (excludes halogenated alkanes) is 1. The standard InChI is InChI=1S/C12H16O/c1-3-4-10-13-12-7-5-6-11(2)8-9-12/h5-6,8-9H,3-4,10H2,1-2H3. The van der Waals surface area contributed by atoms with Crippen LogP contribution >= 0.6 is 0 Å². The predicted molar refractivity (Wildman–Crippen MR) is 55.4 cm³/mol. The van der Waals surface area contributed by atoms with Crippen LogP contribution in [-0.2, 0) is 4.74 Å². The van der Waals surface area contributed by atoms with Crippen molar-refractivity contribution in [2.24, 2.45) is 0 Å². The normalized spacial score (nSPS) is 14.9. The Labute approximate surface area is 80.1 Å². The molecular formula is C12H16O. The summed E-state index contributed by atoms with van der Waals surface area (Å²) in [7, 11) is 0. The molecule has 0 aromatic heterocycles. The van der Waals surface area contributed by atoms with E-state index in [0.29, 0.717) is 0 Å². The van der Waals surface area contributed by atoms with Gasteiger partial charge < -0.3 is 4.74 Å². The first-order chi connectivity index (χ1) is 6.33. The highest BCUT2D eigenvalue weighted by molar-refractivity contribution is 5.30. The van der Waals surface area contributed by atoms with Gasteiger partial charge in [0.15, 0.2) is 5.76 Å². The van der Waals surface area contributed by atoms with Gasteiger partial charge in [-0.1, -0.05) is 36.8 Å². The van der Waals surface area contributed by atoms with Gasteiger partial charge in [-0.05, 0) is 25.5 Å². The van der Waals surface area contributed by atoms with Gasteiger partial charge in [0.05, 0.1) is 6.61 Å². The first kappa shape index (κ1) is 9.88. The van der Waals surface area contributed by atoms with Crippen molar-refractivity contribution >= 4 is 0 Å². The Balaban J connectivity index is 2.45. The lowest BCUT2D eigenvalue weighted by atomic mass is 10.3. The molecule has 1 aliphatic carbocycles. The Kier molecular flexibility index (Phi) is 4.14. The second-order valence-corrected chi connectivity index (χ2v) is 3.12. The summed E-state index contributed by atoms with van der Waals surface area (Å²) in [4.78, 5) is 0. The molecule has 1 aliphatic rings. The topological polar surface area (TPSA) is 9.23 Å². The van der Waals surface area contributed by atoms with E-state index >= 15 is 0 Å². The van der Waals surface area contributed by atoms with Gasteiger partial charge in [0.25, 0.3) is 0 Å². The molecule has 0 saturated heterocycles. The third-order valence-corrected chi connectivity index (χ3v) is 1.82. The van der Waals surface area contributed by atoms with Crippen LogP contribution in [0.4, 0.5) is 0 Å². The molecule has 0 saturated carbocycles. The van der Waals surface area contributed by atoms with Gasteiger partial charge >= 0.3 is 0 Å². The molecule has 0 spiro atoms. The molecule has 1 rings (SSSR count). The van der Waals surface area contributed by atoms with Gasteiger partial charge in [0.1, 0.15) is 0 Å². The summed E-state index contributed by atoms with van der Waals surface area (Å²) in [6.45, 7) is 5.00. The van der Waals surface area contributed by atoms with Crippen molar-refractivity contribution in [3.63, 3.8) is 0 Å². The van der Waals surface area contributed by atoms with Gasteiger partial charge in [-0.2, -0.15) is 0 Å². The number of ether oxygens (including phenoxy) is 1. The van der Waals surface area contributed by atoms with Crippen molar-refractivity contribution < 1.29 is 4.74 Å². The molecule has 0 aliphatic heterocycles. The minimum absolute atomic E-state index is 0.788. The smallest absolute Gasteiger partial charge is 0.162 e. The lowest BCUT2D eigenvalue weighted by Gasteiger charge is -2.02. The van der Waals surface area contributed by atoms with Crippen LogP contribution in [0.2, 0.25) is 0 Å². The van der Waals surface area contributed by atoms with E-state index in [1.165, 1.54) is 5.57 Å². The molecule has 0 bridgehead atoms. The van der Waals surface area contributed by atoms with Crippen LogP contribution in [0.15, 0.2) is 41.4 Å². The van der Waals surface area contributed by atoms with E-state index in [0.717, 1.165) is 25.2 Å². The van der Waals surface area contributed by atoms with Crippen LogP contribution in [-0.4, -0.2) is 6.61 Å². The molecule has 0 aromatic carbocycles. The molecule has 1 nitrogen and oxygen atoms in total. The first-order valence-corrected chi connectivity index (χ1v) is 4.77. The molecule has 0 heterocycles. The fourth-order valence-corrected chi connectivity index (χ4v) is 0.982. The highest BCUT2D eigenvalue weighted by Crippen LogP contribution is 2.06. The highest BCUT2D eigenvalue weighted by Gasteiger charge is 1.93. The zero-order valence-corrected chi connectivity index (χ0v) is 8.34. The summed E-state index contributed by atoms with van der Waals surface area (Å²) in [5.74, 6) is 0.835. The second-order valence-electron chi connectivity index (χ2n) is 3.12. The van der Waals surface area contributed by atoms with Crippen molar-refractivity contribution in [1.29, 1.82) is 0 Å². The number of rotatable bonds is 4. The Hall–Kier alpha value is -1.20.